The first-order chi connectivity index (χ1) is 14.3. The normalized spacial score (nSPS) is 10.7. The highest BCUT2D eigenvalue weighted by atomic mass is 79.9. The van der Waals surface area contributed by atoms with E-state index in [1.54, 1.807) is 24.3 Å². The van der Waals surface area contributed by atoms with Gasteiger partial charge in [0.1, 0.15) is 11.6 Å². The number of H-pyrrole nitrogens is 1. The molecular weight excluding hydrogens is 504 g/mol. The van der Waals surface area contributed by atoms with E-state index in [0.29, 0.717) is 22.5 Å². The molecule has 0 aliphatic heterocycles. The number of rotatable bonds is 7. The summed E-state index contributed by atoms with van der Waals surface area (Å²) >= 11 is 9.80. The maximum atomic E-state index is 13.8. The van der Waals surface area contributed by atoms with Gasteiger partial charge in [0.2, 0.25) is 11.1 Å². The smallest absolute Gasteiger partial charge is 0.251 e. The minimum absolute atomic E-state index is 0.0926. The van der Waals surface area contributed by atoms with Crippen LogP contribution >= 0.6 is 39.3 Å². The molecule has 0 saturated carbocycles. The number of aromatic amines is 1. The van der Waals surface area contributed by atoms with Crippen LogP contribution in [0.5, 0.6) is 0 Å². The van der Waals surface area contributed by atoms with Crippen LogP contribution in [0.2, 0.25) is 5.02 Å². The molecule has 1 aromatic heterocycles. The van der Waals surface area contributed by atoms with Crippen molar-refractivity contribution in [2.45, 2.75) is 11.7 Å². The Morgan fingerprint density at radius 1 is 1.20 bits per heavy atom. The quantitative estimate of drug-likeness (QED) is 0.410. The first kappa shape index (κ1) is 22.2. The number of halogens is 4. The van der Waals surface area contributed by atoms with Gasteiger partial charge in [0.05, 0.1) is 18.0 Å². The van der Waals surface area contributed by atoms with Crippen molar-refractivity contribution in [1.29, 1.82) is 0 Å². The zero-order chi connectivity index (χ0) is 21.7. The molecule has 156 valence electrons. The SMILES string of the molecule is O=C(CSc1n[nH]c(CNC(=O)c2ccc(Cl)cc2)n1)Nc1c(F)cc(F)cc1Br. The van der Waals surface area contributed by atoms with Gasteiger partial charge in [-0.25, -0.2) is 13.8 Å². The minimum atomic E-state index is -0.892. The van der Waals surface area contributed by atoms with Crippen molar-refractivity contribution in [3.05, 3.63) is 68.9 Å². The summed E-state index contributed by atoms with van der Waals surface area (Å²) in [6.07, 6.45) is 0. The maximum absolute atomic E-state index is 13.8. The van der Waals surface area contributed by atoms with Crippen LogP contribution in [0, 0.1) is 11.6 Å². The van der Waals surface area contributed by atoms with Crippen LogP contribution in [-0.4, -0.2) is 32.7 Å². The Balaban J connectivity index is 1.49. The highest BCUT2D eigenvalue weighted by molar-refractivity contribution is 9.10. The third-order valence-corrected chi connectivity index (χ3v) is 5.36. The molecular formula is C18H13BrClF2N5O2S. The largest absolute Gasteiger partial charge is 0.345 e. The van der Waals surface area contributed by atoms with Crippen LogP contribution in [0.4, 0.5) is 14.5 Å². The number of hydrogen-bond acceptors (Lipinski definition) is 5. The number of carbonyl (C=O) groups is 2. The highest BCUT2D eigenvalue weighted by Crippen LogP contribution is 2.27. The summed E-state index contributed by atoms with van der Waals surface area (Å²) in [6, 6.07) is 8.14. The lowest BCUT2D eigenvalue weighted by Crippen LogP contribution is -2.23. The van der Waals surface area contributed by atoms with Gasteiger partial charge in [0.25, 0.3) is 5.91 Å². The summed E-state index contributed by atoms with van der Waals surface area (Å²) in [5, 5.41) is 12.5. The minimum Gasteiger partial charge on any atom is -0.345 e. The molecule has 12 heteroatoms. The summed E-state index contributed by atoms with van der Waals surface area (Å²) in [5.74, 6) is -2.18. The van der Waals surface area contributed by atoms with Crippen molar-refractivity contribution in [1.82, 2.24) is 20.5 Å². The van der Waals surface area contributed by atoms with Crippen molar-refractivity contribution < 1.29 is 18.4 Å². The number of hydrogen-bond donors (Lipinski definition) is 3. The van der Waals surface area contributed by atoms with Crippen LogP contribution in [0.3, 0.4) is 0 Å². The van der Waals surface area contributed by atoms with E-state index in [0.717, 1.165) is 17.8 Å². The van der Waals surface area contributed by atoms with E-state index in [9.17, 15) is 18.4 Å². The summed E-state index contributed by atoms with van der Waals surface area (Å²) < 4.78 is 27.0. The first-order valence-corrected chi connectivity index (χ1v) is 10.5. The highest BCUT2D eigenvalue weighted by Gasteiger charge is 2.14. The van der Waals surface area contributed by atoms with Gasteiger partial charge >= 0.3 is 0 Å². The zero-order valence-corrected chi connectivity index (χ0v) is 18.2. The van der Waals surface area contributed by atoms with E-state index in [1.807, 2.05) is 0 Å². The van der Waals surface area contributed by atoms with E-state index < -0.39 is 17.5 Å². The molecule has 30 heavy (non-hydrogen) atoms. The molecule has 3 N–H and O–H groups in total. The number of anilines is 1. The molecule has 0 unspecified atom stereocenters. The second-order valence-electron chi connectivity index (χ2n) is 5.84. The van der Waals surface area contributed by atoms with Crippen LogP contribution in [-0.2, 0) is 11.3 Å². The molecule has 0 aliphatic rings. The van der Waals surface area contributed by atoms with Crippen molar-refractivity contribution in [2.24, 2.45) is 0 Å². The van der Waals surface area contributed by atoms with Crippen molar-refractivity contribution in [2.75, 3.05) is 11.1 Å². The monoisotopic (exact) mass is 515 g/mol. The second kappa shape index (κ2) is 10.0. The van der Waals surface area contributed by atoms with Crippen molar-refractivity contribution in [3.63, 3.8) is 0 Å². The fraction of sp³-hybridized carbons (Fsp3) is 0.111. The van der Waals surface area contributed by atoms with Crippen LogP contribution in [0.15, 0.2) is 46.0 Å². The Kier molecular flexibility index (Phi) is 7.40. The Hall–Kier alpha value is -2.50. The predicted octanol–water partition coefficient (Wildman–Crippen LogP) is 4.16. The molecule has 0 fully saturated rings. The molecule has 0 bridgehead atoms. The van der Waals surface area contributed by atoms with Crippen LogP contribution in [0.1, 0.15) is 16.2 Å². The van der Waals surface area contributed by atoms with Gasteiger partial charge in [0, 0.05) is 21.1 Å². The lowest BCUT2D eigenvalue weighted by Gasteiger charge is -2.08. The Morgan fingerprint density at radius 2 is 1.93 bits per heavy atom. The maximum Gasteiger partial charge on any atom is 0.251 e. The lowest BCUT2D eigenvalue weighted by molar-refractivity contribution is -0.113. The molecule has 0 radical (unpaired) electrons. The molecule has 0 aliphatic carbocycles. The van der Waals surface area contributed by atoms with Gasteiger partial charge in [0.15, 0.2) is 5.82 Å². The molecule has 1 heterocycles. The lowest BCUT2D eigenvalue weighted by atomic mass is 10.2. The number of nitrogens with zero attached hydrogens (tertiary/aromatic N) is 2. The second-order valence-corrected chi connectivity index (χ2v) is 8.07. The fourth-order valence-electron chi connectivity index (χ4n) is 2.26. The topological polar surface area (TPSA) is 99.8 Å². The third kappa shape index (κ3) is 6.00. The molecule has 3 aromatic rings. The van der Waals surface area contributed by atoms with Crippen LogP contribution < -0.4 is 10.6 Å². The average molecular weight is 517 g/mol. The summed E-state index contributed by atoms with van der Waals surface area (Å²) in [6.45, 7) is 0.106. The summed E-state index contributed by atoms with van der Waals surface area (Å²) in [7, 11) is 0. The molecule has 0 spiro atoms. The average Bonchev–Trinajstić information content (AvgIpc) is 3.16. The number of aromatic nitrogens is 3. The van der Waals surface area contributed by atoms with E-state index in [1.165, 1.54) is 0 Å². The van der Waals surface area contributed by atoms with E-state index >= 15 is 0 Å². The van der Waals surface area contributed by atoms with E-state index in [2.05, 4.69) is 41.7 Å². The number of benzene rings is 2. The third-order valence-electron chi connectivity index (χ3n) is 3.64. The van der Waals surface area contributed by atoms with Gasteiger partial charge < -0.3 is 10.6 Å². The zero-order valence-electron chi connectivity index (χ0n) is 15.0. The summed E-state index contributed by atoms with van der Waals surface area (Å²) in [5.41, 5.74) is 0.298. The Labute approximate surface area is 187 Å². The van der Waals surface area contributed by atoms with E-state index in [4.69, 9.17) is 11.6 Å². The summed E-state index contributed by atoms with van der Waals surface area (Å²) in [4.78, 5) is 28.3. The van der Waals surface area contributed by atoms with Gasteiger partial charge in [-0.05, 0) is 46.3 Å². The number of carbonyl (C=O) groups excluding carboxylic acids is 2. The fourth-order valence-corrected chi connectivity index (χ4v) is 3.51. The van der Waals surface area contributed by atoms with Gasteiger partial charge in [-0.3, -0.25) is 14.7 Å². The van der Waals surface area contributed by atoms with Gasteiger partial charge in [-0.1, -0.05) is 23.4 Å². The van der Waals surface area contributed by atoms with E-state index in [-0.39, 0.29) is 33.5 Å². The van der Waals surface area contributed by atoms with Crippen molar-refractivity contribution in [3.8, 4) is 0 Å². The van der Waals surface area contributed by atoms with Crippen molar-refractivity contribution >= 4 is 56.8 Å². The molecule has 7 nitrogen and oxygen atoms in total. The Morgan fingerprint density at radius 3 is 2.63 bits per heavy atom. The van der Waals surface area contributed by atoms with Gasteiger partial charge in [-0.15, -0.1) is 5.10 Å². The molecule has 3 rings (SSSR count). The molecule has 0 saturated heterocycles. The predicted molar refractivity (Wildman–Crippen MR) is 112 cm³/mol. The van der Waals surface area contributed by atoms with Gasteiger partial charge in [-0.2, -0.15) is 0 Å². The standard InChI is InChI=1S/C18H13BrClF2N5O2S/c19-12-5-11(21)6-13(22)16(12)25-15(28)8-30-18-24-14(26-27-18)7-23-17(29)9-1-3-10(20)4-2-9/h1-6H,7-8H2,(H,23,29)(H,25,28)(H,24,26,27). The van der Waals surface area contributed by atoms with Crippen LogP contribution in [0.25, 0.3) is 0 Å². The first-order valence-electron chi connectivity index (χ1n) is 8.34. The Bertz CT molecular complexity index is 1060. The molecule has 2 amide bonds. The number of amides is 2. The molecule has 0 atom stereocenters. The molecule has 2 aromatic carbocycles. The number of thioether (sulfide) groups is 1. The number of nitrogens with one attached hydrogen (secondary N) is 3.